The number of aryl methyl sites for hydroxylation is 1. The molecule has 0 aliphatic carbocycles. The van der Waals surface area contributed by atoms with Gasteiger partial charge in [0.05, 0.1) is 6.61 Å². The van der Waals surface area contributed by atoms with Crippen molar-refractivity contribution in [1.29, 1.82) is 0 Å². The van der Waals surface area contributed by atoms with Crippen molar-refractivity contribution in [3.63, 3.8) is 0 Å². The van der Waals surface area contributed by atoms with Gasteiger partial charge in [-0.05, 0) is 24.1 Å². The number of benzene rings is 1. The van der Waals surface area contributed by atoms with Crippen LogP contribution >= 0.6 is 0 Å². The van der Waals surface area contributed by atoms with Crippen LogP contribution in [0.25, 0.3) is 6.08 Å². The zero-order chi connectivity index (χ0) is 8.97. The maximum Gasteiger partial charge on any atom is 0.0615 e. The molecule has 64 valence electrons. The van der Waals surface area contributed by atoms with Crippen LogP contribution in [-0.4, -0.2) is 11.7 Å². The Balaban J connectivity index is 2.94. The van der Waals surface area contributed by atoms with E-state index in [2.05, 4.69) is 0 Å². The second-order valence-corrected chi connectivity index (χ2v) is 2.72. The average Bonchev–Trinajstić information content (AvgIpc) is 2.03. The van der Waals surface area contributed by atoms with E-state index >= 15 is 0 Å². The fraction of sp³-hybridized carbons (Fsp3) is 0.200. The first kappa shape index (κ1) is 8.81. The summed E-state index contributed by atoms with van der Waals surface area (Å²) in [5.74, 6) is 0. The smallest absolute Gasteiger partial charge is 0.0615 e. The van der Waals surface area contributed by atoms with Crippen molar-refractivity contribution in [3.05, 3.63) is 35.4 Å². The van der Waals surface area contributed by atoms with Gasteiger partial charge in [0.1, 0.15) is 0 Å². The van der Waals surface area contributed by atoms with Crippen molar-refractivity contribution in [3.8, 4) is 0 Å². The Morgan fingerprint density at radius 3 is 2.83 bits per heavy atom. The quantitative estimate of drug-likeness (QED) is 0.650. The Bertz CT molecular complexity index is 292. The molecule has 12 heavy (non-hydrogen) atoms. The molecule has 1 aromatic carbocycles. The number of hydrogen-bond acceptors (Lipinski definition) is 2. The van der Waals surface area contributed by atoms with Gasteiger partial charge in [0.25, 0.3) is 0 Å². The molecule has 0 radical (unpaired) electrons. The summed E-state index contributed by atoms with van der Waals surface area (Å²) in [6.07, 6.45) is 3.48. The third-order valence-corrected chi connectivity index (χ3v) is 1.65. The minimum absolute atomic E-state index is 0.0489. The summed E-state index contributed by atoms with van der Waals surface area (Å²) in [4.78, 5) is 0. The van der Waals surface area contributed by atoms with Crippen LogP contribution in [0.2, 0.25) is 0 Å². The van der Waals surface area contributed by atoms with Gasteiger partial charge in [-0.15, -0.1) is 0 Å². The fourth-order valence-corrected chi connectivity index (χ4v) is 1.03. The van der Waals surface area contributed by atoms with E-state index in [0.717, 1.165) is 16.8 Å². The van der Waals surface area contributed by atoms with E-state index < -0.39 is 0 Å². The van der Waals surface area contributed by atoms with Crippen LogP contribution in [0.3, 0.4) is 0 Å². The number of aliphatic hydroxyl groups is 1. The Morgan fingerprint density at radius 2 is 2.25 bits per heavy atom. The zero-order valence-electron chi connectivity index (χ0n) is 7.12. The highest BCUT2D eigenvalue weighted by molar-refractivity contribution is 5.65. The van der Waals surface area contributed by atoms with E-state index in [0.29, 0.717) is 0 Å². The van der Waals surface area contributed by atoms with Gasteiger partial charge in [0, 0.05) is 5.69 Å². The van der Waals surface area contributed by atoms with E-state index in [9.17, 15) is 0 Å². The van der Waals surface area contributed by atoms with E-state index in [4.69, 9.17) is 10.8 Å². The van der Waals surface area contributed by atoms with Gasteiger partial charge in [0.15, 0.2) is 0 Å². The molecule has 2 heteroatoms. The Hall–Kier alpha value is -1.28. The number of anilines is 1. The van der Waals surface area contributed by atoms with Crippen molar-refractivity contribution in [2.75, 3.05) is 12.3 Å². The van der Waals surface area contributed by atoms with Gasteiger partial charge in [-0.25, -0.2) is 0 Å². The lowest BCUT2D eigenvalue weighted by atomic mass is 10.1. The van der Waals surface area contributed by atoms with Crippen molar-refractivity contribution < 1.29 is 5.11 Å². The molecule has 1 rings (SSSR count). The van der Waals surface area contributed by atoms with Crippen LogP contribution < -0.4 is 5.73 Å². The van der Waals surface area contributed by atoms with Crippen molar-refractivity contribution in [1.82, 2.24) is 0 Å². The standard InChI is InChI=1S/C10H13NO/c1-8-4-5-9(3-2-6-12)10(11)7-8/h2-5,7,12H,6,11H2,1H3. The van der Waals surface area contributed by atoms with Gasteiger partial charge in [-0.2, -0.15) is 0 Å². The van der Waals surface area contributed by atoms with E-state index in [1.807, 2.05) is 31.2 Å². The van der Waals surface area contributed by atoms with Gasteiger partial charge in [-0.1, -0.05) is 24.3 Å². The normalized spacial score (nSPS) is 10.8. The maximum absolute atomic E-state index is 8.55. The average molecular weight is 163 g/mol. The summed E-state index contributed by atoms with van der Waals surface area (Å²) in [5.41, 5.74) is 8.58. The van der Waals surface area contributed by atoms with Crippen LogP contribution in [0.4, 0.5) is 5.69 Å². The minimum atomic E-state index is 0.0489. The lowest BCUT2D eigenvalue weighted by molar-refractivity contribution is 0.343. The van der Waals surface area contributed by atoms with Crippen LogP contribution in [0, 0.1) is 6.92 Å². The SMILES string of the molecule is Cc1ccc(C=CCO)c(N)c1. The van der Waals surface area contributed by atoms with Crippen LogP contribution in [-0.2, 0) is 0 Å². The Morgan fingerprint density at radius 1 is 1.50 bits per heavy atom. The largest absolute Gasteiger partial charge is 0.398 e. The maximum atomic E-state index is 8.55. The summed E-state index contributed by atoms with van der Waals surface area (Å²) in [7, 11) is 0. The van der Waals surface area contributed by atoms with Crippen molar-refractivity contribution in [2.24, 2.45) is 0 Å². The first-order chi connectivity index (χ1) is 5.74. The molecule has 0 heterocycles. The first-order valence-corrected chi connectivity index (χ1v) is 3.87. The van der Waals surface area contributed by atoms with Gasteiger partial charge >= 0.3 is 0 Å². The molecule has 1 aromatic rings. The Labute approximate surface area is 72.3 Å². The van der Waals surface area contributed by atoms with E-state index in [1.165, 1.54) is 0 Å². The summed E-state index contributed by atoms with van der Waals surface area (Å²) in [5, 5.41) is 8.55. The molecular formula is C10H13NO. The fourth-order valence-electron chi connectivity index (χ4n) is 1.03. The van der Waals surface area contributed by atoms with Gasteiger partial charge in [0.2, 0.25) is 0 Å². The number of hydrogen-bond donors (Lipinski definition) is 2. The van der Waals surface area contributed by atoms with Crippen molar-refractivity contribution in [2.45, 2.75) is 6.92 Å². The predicted molar refractivity (Wildman–Crippen MR) is 51.7 cm³/mol. The molecule has 0 bridgehead atoms. The molecule has 0 fully saturated rings. The van der Waals surface area contributed by atoms with Crippen LogP contribution in [0.1, 0.15) is 11.1 Å². The second kappa shape index (κ2) is 3.93. The lowest BCUT2D eigenvalue weighted by Gasteiger charge is -2.00. The third-order valence-electron chi connectivity index (χ3n) is 1.65. The molecule has 0 saturated heterocycles. The lowest BCUT2D eigenvalue weighted by Crippen LogP contribution is -1.89. The molecule has 2 nitrogen and oxygen atoms in total. The summed E-state index contributed by atoms with van der Waals surface area (Å²) in [6.45, 7) is 2.04. The summed E-state index contributed by atoms with van der Waals surface area (Å²) >= 11 is 0. The molecule has 0 spiro atoms. The highest BCUT2D eigenvalue weighted by atomic mass is 16.2. The summed E-state index contributed by atoms with van der Waals surface area (Å²) in [6, 6.07) is 5.85. The summed E-state index contributed by atoms with van der Waals surface area (Å²) < 4.78 is 0. The molecule has 0 aromatic heterocycles. The van der Waals surface area contributed by atoms with Crippen LogP contribution in [0.5, 0.6) is 0 Å². The monoisotopic (exact) mass is 163 g/mol. The molecule has 0 atom stereocenters. The van der Waals surface area contributed by atoms with E-state index in [1.54, 1.807) is 6.08 Å². The highest BCUT2D eigenvalue weighted by Crippen LogP contribution is 2.14. The number of aliphatic hydroxyl groups excluding tert-OH is 1. The molecule has 0 aliphatic heterocycles. The van der Waals surface area contributed by atoms with Crippen molar-refractivity contribution >= 4 is 11.8 Å². The number of nitrogens with two attached hydrogens (primary N) is 1. The topological polar surface area (TPSA) is 46.2 Å². The second-order valence-electron chi connectivity index (χ2n) is 2.72. The molecule has 0 aliphatic rings. The number of rotatable bonds is 2. The highest BCUT2D eigenvalue weighted by Gasteiger charge is 1.93. The Kier molecular flexibility index (Phi) is 2.88. The molecular weight excluding hydrogens is 150 g/mol. The number of nitrogen functional groups attached to an aromatic ring is 1. The predicted octanol–water partition coefficient (Wildman–Crippen LogP) is 1.58. The third kappa shape index (κ3) is 2.10. The molecule has 3 N–H and O–H groups in total. The van der Waals surface area contributed by atoms with Crippen LogP contribution in [0.15, 0.2) is 24.3 Å². The zero-order valence-corrected chi connectivity index (χ0v) is 7.12. The van der Waals surface area contributed by atoms with E-state index in [-0.39, 0.29) is 6.61 Å². The molecule has 0 unspecified atom stereocenters. The van der Waals surface area contributed by atoms with Gasteiger partial charge < -0.3 is 10.8 Å². The van der Waals surface area contributed by atoms with Gasteiger partial charge in [-0.3, -0.25) is 0 Å². The molecule has 0 saturated carbocycles. The minimum Gasteiger partial charge on any atom is -0.398 e. The first-order valence-electron chi connectivity index (χ1n) is 3.87. The molecule has 0 amide bonds.